The zero-order valence-electron chi connectivity index (χ0n) is 10.5. The molecular formula is C14H17N3O. The summed E-state index contributed by atoms with van der Waals surface area (Å²) in [7, 11) is 0. The van der Waals surface area contributed by atoms with Crippen LogP contribution in [0.2, 0.25) is 0 Å². The van der Waals surface area contributed by atoms with E-state index in [-0.39, 0.29) is 0 Å². The number of aryl methyl sites for hydroxylation is 1. The van der Waals surface area contributed by atoms with Crippen molar-refractivity contribution < 1.29 is 4.74 Å². The highest BCUT2D eigenvalue weighted by Gasteiger charge is 1.95. The predicted molar refractivity (Wildman–Crippen MR) is 70.4 cm³/mol. The van der Waals surface area contributed by atoms with Gasteiger partial charge in [0.05, 0.1) is 0 Å². The van der Waals surface area contributed by atoms with Gasteiger partial charge in [-0.3, -0.25) is 0 Å². The van der Waals surface area contributed by atoms with Crippen molar-refractivity contribution in [3.05, 3.63) is 54.1 Å². The normalized spacial score (nSPS) is 10.3. The van der Waals surface area contributed by atoms with Gasteiger partial charge < -0.3 is 10.1 Å². The highest BCUT2D eigenvalue weighted by molar-refractivity contribution is 5.27. The average Bonchev–Trinajstić information content (AvgIpc) is 2.40. The van der Waals surface area contributed by atoms with Crippen LogP contribution in [0, 0.1) is 6.92 Å². The topological polar surface area (TPSA) is 47.0 Å². The Bertz CT molecular complexity index is 473. The zero-order chi connectivity index (χ0) is 12.6. The molecule has 0 saturated carbocycles. The summed E-state index contributed by atoms with van der Waals surface area (Å²) in [5, 5.41) is 3.28. The number of aromatic nitrogens is 2. The number of ether oxygens (including phenoxy) is 1. The second-order valence-electron chi connectivity index (χ2n) is 4.09. The summed E-state index contributed by atoms with van der Waals surface area (Å²) in [6.45, 7) is 4.26. The van der Waals surface area contributed by atoms with Crippen LogP contribution in [-0.4, -0.2) is 23.1 Å². The Labute approximate surface area is 107 Å². The molecular weight excluding hydrogens is 226 g/mol. The van der Waals surface area contributed by atoms with Gasteiger partial charge in [-0.15, -0.1) is 0 Å². The molecule has 0 saturated heterocycles. The molecule has 18 heavy (non-hydrogen) atoms. The van der Waals surface area contributed by atoms with Gasteiger partial charge in [-0.2, -0.15) is 0 Å². The quantitative estimate of drug-likeness (QED) is 0.788. The number of nitrogens with one attached hydrogen (secondary N) is 1. The van der Waals surface area contributed by atoms with Gasteiger partial charge in [0.1, 0.15) is 18.7 Å². The Morgan fingerprint density at radius 3 is 2.83 bits per heavy atom. The van der Waals surface area contributed by atoms with Gasteiger partial charge >= 0.3 is 0 Å². The predicted octanol–water partition coefficient (Wildman–Crippen LogP) is 1.95. The van der Waals surface area contributed by atoms with E-state index in [0.717, 1.165) is 24.4 Å². The van der Waals surface area contributed by atoms with Gasteiger partial charge in [0.2, 0.25) is 0 Å². The second-order valence-corrected chi connectivity index (χ2v) is 4.09. The first-order valence-corrected chi connectivity index (χ1v) is 5.98. The fourth-order valence-corrected chi connectivity index (χ4v) is 1.60. The molecule has 1 heterocycles. The maximum Gasteiger partial charge on any atom is 0.119 e. The Hall–Kier alpha value is -1.94. The molecule has 0 unspecified atom stereocenters. The molecule has 94 valence electrons. The lowest BCUT2D eigenvalue weighted by molar-refractivity contribution is 0.313. The van der Waals surface area contributed by atoms with Crippen molar-refractivity contribution in [3.63, 3.8) is 0 Å². The third kappa shape index (κ3) is 4.14. The summed E-state index contributed by atoms with van der Waals surface area (Å²) < 4.78 is 5.63. The van der Waals surface area contributed by atoms with Gasteiger partial charge in [-0.25, -0.2) is 9.97 Å². The Kier molecular flexibility index (Phi) is 4.67. The van der Waals surface area contributed by atoms with Crippen LogP contribution in [0.15, 0.2) is 43.0 Å². The maximum atomic E-state index is 5.63. The van der Waals surface area contributed by atoms with E-state index < -0.39 is 0 Å². The lowest BCUT2D eigenvalue weighted by Gasteiger charge is -2.07. The standard InChI is InChI=1S/C14H17N3O/c1-12-3-2-4-14(7-12)18-6-5-15-8-13-9-16-11-17-10-13/h2-4,7,9-11,15H,5-6,8H2,1H3. The van der Waals surface area contributed by atoms with Crippen molar-refractivity contribution in [3.8, 4) is 5.75 Å². The van der Waals surface area contributed by atoms with Crippen LogP contribution in [0.5, 0.6) is 5.75 Å². The lowest BCUT2D eigenvalue weighted by atomic mass is 10.2. The Morgan fingerprint density at radius 2 is 2.06 bits per heavy atom. The molecule has 0 spiro atoms. The third-order valence-corrected chi connectivity index (χ3v) is 2.48. The number of nitrogens with zero attached hydrogens (tertiary/aromatic N) is 2. The molecule has 0 fully saturated rings. The van der Waals surface area contributed by atoms with Gasteiger partial charge in [-0.1, -0.05) is 12.1 Å². The third-order valence-electron chi connectivity index (χ3n) is 2.48. The first kappa shape index (κ1) is 12.5. The average molecular weight is 243 g/mol. The van der Waals surface area contributed by atoms with Crippen LogP contribution >= 0.6 is 0 Å². The van der Waals surface area contributed by atoms with Crippen molar-refractivity contribution in [1.82, 2.24) is 15.3 Å². The van der Waals surface area contributed by atoms with E-state index in [0.29, 0.717) is 6.61 Å². The van der Waals surface area contributed by atoms with E-state index >= 15 is 0 Å². The monoisotopic (exact) mass is 243 g/mol. The number of benzene rings is 1. The van der Waals surface area contributed by atoms with E-state index in [1.807, 2.05) is 18.2 Å². The van der Waals surface area contributed by atoms with Gasteiger partial charge in [-0.05, 0) is 24.6 Å². The summed E-state index contributed by atoms with van der Waals surface area (Å²) in [6, 6.07) is 8.06. The molecule has 0 amide bonds. The lowest BCUT2D eigenvalue weighted by Crippen LogP contribution is -2.20. The summed E-state index contributed by atoms with van der Waals surface area (Å²) in [6.07, 6.45) is 5.15. The molecule has 4 nitrogen and oxygen atoms in total. The molecule has 1 aromatic carbocycles. The minimum atomic E-state index is 0.650. The van der Waals surface area contributed by atoms with Gasteiger partial charge in [0.25, 0.3) is 0 Å². The smallest absolute Gasteiger partial charge is 0.119 e. The molecule has 0 aliphatic rings. The molecule has 0 bridgehead atoms. The molecule has 4 heteroatoms. The molecule has 0 aliphatic heterocycles. The van der Waals surface area contributed by atoms with E-state index in [9.17, 15) is 0 Å². The van der Waals surface area contributed by atoms with Crippen molar-refractivity contribution >= 4 is 0 Å². The second kappa shape index (κ2) is 6.71. The van der Waals surface area contributed by atoms with Crippen molar-refractivity contribution in [2.45, 2.75) is 13.5 Å². The van der Waals surface area contributed by atoms with Crippen LogP contribution in [0.1, 0.15) is 11.1 Å². The molecule has 0 aliphatic carbocycles. The van der Waals surface area contributed by atoms with E-state index in [2.05, 4.69) is 28.3 Å². The molecule has 1 N–H and O–H groups in total. The number of hydrogen-bond donors (Lipinski definition) is 1. The minimum absolute atomic E-state index is 0.650. The molecule has 1 aromatic heterocycles. The largest absolute Gasteiger partial charge is 0.492 e. The summed E-state index contributed by atoms with van der Waals surface area (Å²) in [5.74, 6) is 0.917. The van der Waals surface area contributed by atoms with Crippen molar-refractivity contribution in [2.75, 3.05) is 13.2 Å². The van der Waals surface area contributed by atoms with Gasteiger partial charge in [0, 0.05) is 31.0 Å². The minimum Gasteiger partial charge on any atom is -0.492 e. The fourth-order valence-electron chi connectivity index (χ4n) is 1.60. The maximum absolute atomic E-state index is 5.63. The highest BCUT2D eigenvalue weighted by Crippen LogP contribution is 2.11. The molecule has 0 atom stereocenters. The molecule has 2 aromatic rings. The van der Waals surface area contributed by atoms with Gasteiger partial charge in [0.15, 0.2) is 0 Å². The molecule has 2 rings (SSSR count). The Morgan fingerprint density at radius 1 is 1.22 bits per heavy atom. The van der Waals surface area contributed by atoms with Crippen LogP contribution in [0.25, 0.3) is 0 Å². The summed E-state index contributed by atoms with van der Waals surface area (Å²) in [4.78, 5) is 7.92. The van der Waals surface area contributed by atoms with E-state index in [4.69, 9.17) is 4.74 Å². The zero-order valence-corrected chi connectivity index (χ0v) is 10.5. The fraction of sp³-hybridized carbons (Fsp3) is 0.286. The first-order chi connectivity index (χ1) is 8.84. The molecule has 0 radical (unpaired) electrons. The number of rotatable bonds is 6. The van der Waals surface area contributed by atoms with Crippen molar-refractivity contribution in [1.29, 1.82) is 0 Å². The SMILES string of the molecule is Cc1cccc(OCCNCc2cncnc2)c1. The van der Waals surface area contributed by atoms with Crippen molar-refractivity contribution in [2.24, 2.45) is 0 Å². The highest BCUT2D eigenvalue weighted by atomic mass is 16.5. The van der Waals surface area contributed by atoms with E-state index in [1.165, 1.54) is 11.9 Å². The summed E-state index contributed by atoms with van der Waals surface area (Å²) in [5.41, 5.74) is 2.29. The van der Waals surface area contributed by atoms with E-state index in [1.54, 1.807) is 12.4 Å². The van der Waals surface area contributed by atoms with Crippen LogP contribution < -0.4 is 10.1 Å². The van der Waals surface area contributed by atoms with Crippen LogP contribution in [-0.2, 0) is 6.54 Å². The Balaban J connectivity index is 1.65. The first-order valence-electron chi connectivity index (χ1n) is 5.98. The van der Waals surface area contributed by atoms with Crippen LogP contribution in [0.4, 0.5) is 0 Å². The summed E-state index contributed by atoms with van der Waals surface area (Å²) >= 11 is 0. The van der Waals surface area contributed by atoms with Crippen LogP contribution in [0.3, 0.4) is 0 Å². The number of hydrogen-bond acceptors (Lipinski definition) is 4.